The average Bonchev–Trinajstić information content (AvgIpc) is 4.06. The zero-order valence-electron chi connectivity index (χ0n) is 33.5. The lowest BCUT2D eigenvalue weighted by Crippen LogP contribution is -2.17. The van der Waals surface area contributed by atoms with E-state index in [1.54, 1.807) is 0 Å². The van der Waals surface area contributed by atoms with Crippen molar-refractivity contribution in [3.05, 3.63) is 203 Å². The van der Waals surface area contributed by atoms with Crippen LogP contribution < -0.4 is 0 Å². The topological polar surface area (TPSA) is 67.3 Å². The van der Waals surface area contributed by atoms with Crippen molar-refractivity contribution in [2.45, 2.75) is 0 Å². The van der Waals surface area contributed by atoms with Crippen molar-refractivity contribution in [3.8, 4) is 34.9 Å². The van der Waals surface area contributed by atoms with Crippen LogP contribution >= 0.6 is 22.6 Å². The van der Waals surface area contributed by atoms with Gasteiger partial charge in [-0.05, 0) is 77.2 Å². The summed E-state index contributed by atoms with van der Waals surface area (Å²) >= 11 is 2.46. The second kappa shape index (κ2) is 13.4. The molecule has 0 fully saturated rings. The van der Waals surface area contributed by atoms with Crippen molar-refractivity contribution in [1.82, 2.24) is 18.3 Å². The highest BCUT2D eigenvalue weighted by atomic mass is 127. The normalized spacial score (nSPS) is 11.9. The third-order valence-corrected chi connectivity index (χ3v) is 13.8. The third kappa shape index (κ3) is 4.74. The van der Waals surface area contributed by atoms with Gasteiger partial charge in [0.2, 0.25) is 0 Å². The number of halogens is 1. The Morgan fingerprint density at radius 2 is 0.540 bits per heavy atom. The molecular formula is C56H31IN6. The number of aromatic nitrogens is 4. The van der Waals surface area contributed by atoms with E-state index in [1.807, 2.05) is 0 Å². The molecule has 0 unspecified atom stereocenters. The Kier molecular flexibility index (Phi) is 7.60. The van der Waals surface area contributed by atoms with Crippen LogP contribution in [0.4, 0.5) is 0 Å². The van der Waals surface area contributed by atoms with Gasteiger partial charge in [0.25, 0.3) is 0 Å². The van der Waals surface area contributed by atoms with Gasteiger partial charge in [0.1, 0.15) is 12.1 Å². The minimum absolute atomic E-state index is 0.289. The summed E-state index contributed by atoms with van der Waals surface area (Å²) in [6.07, 6.45) is 0. The number of para-hydroxylation sites is 7. The Morgan fingerprint density at radius 3 is 0.873 bits per heavy atom. The molecule has 0 saturated heterocycles. The molecule has 13 aromatic rings. The van der Waals surface area contributed by atoms with Crippen LogP contribution in [0.1, 0.15) is 11.1 Å². The van der Waals surface area contributed by atoms with Crippen LogP contribution in [0.3, 0.4) is 0 Å². The molecule has 0 atom stereocenters. The van der Waals surface area contributed by atoms with Gasteiger partial charge >= 0.3 is 0 Å². The summed E-state index contributed by atoms with van der Waals surface area (Å²) in [6, 6.07) is 71.1. The number of rotatable bonds is 4. The van der Waals surface area contributed by atoms with Gasteiger partial charge in [0, 0.05) is 46.7 Å². The number of nitrogens with zero attached hydrogens (tertiary/aromatic N) is 6. The minimum Gasteiger partial charge on any atom is -0.306 e. The molecule has 0 saturated carbocycles. The molecule has 4 heterocycles. The van der Waals surface area contributed by atoms with Crippen molar-refractivity contribution in [3.63, 3.8) is 0 Å². The van der Waals surface area contributed by atoms with Crippen LogP contribution in [0, 0.1) is 26.2 Å². The van der Waals surface area contributed by atoms with E-state index in [0.29, 0.717) is 11.4 Å². The van der Waals surface area contributed by atoms with Crippen LogP contribution in [-0.4, -0.2) is 18.3 Å². The Balaban J connectivity index is 1.42. The Labute approximate surface area is 374 Å². The first-order chi connectivity index (χ1) is 31.2. The molecule has 0 aliphatic rings. The molecule has 0 bridgehead atoms. The van der Waals surface area contributed by atoms with Crippen LogP contribution in [0.25, 0.3) is 110 Å². The highest BCUT2D eigenvalue weighted by Gasteiger charge is 2.34. The molecule has 13 rings (SSSR count). The monoisotopic (exact) mass is 914 g/mol. The molecule has 0 spiro atoms. The maximum absolute atomic E-state index is 11.9. The molecular weight excluding hydrogens is 884 g/mol. The van der Waals surface area contributed by atoms with Gasteiger partial charge in [-0.15, -0.1) is 0 Å². The summed E-state index contributed by atoms with van der Waals surface area (Å²) in [5.41, 5.74) is 11.1. The molecule has 0 aliphatic heterocycles. The molecule has 0 aliphatic carbocycles. The van der Waals surface area contributed by atoms with Crippen molar-refractivity contribution < 1.29 is 0 Å². The predicted octanol–water partition coefficient (Wildman–Crippen LogP) is 14.4. The van der Waals surface area contributed by atoms with Crippen LogP contribution in [0.15, 0.2) is 188 Å². The SMILES string of the molecule is N#Cc1c(C#N)c(-n2c3ccccc3c3ccccc32)c(-n2c3ccccc3c3c(I)cccc32)c(-n2c3ccccc3c3ccccc32)c1-n1c2ccccc2c2ccccc21. The molecule has 63 heavy (non-hydrogen) atoms. The lowest BCUT2D eigenvalue weighted by atomic mass is 9.98. The molecule has 4 aromatic heterocycles. The summed E-state index contributed by atoms with van der Waals surface area (Å²) < 4.78 is 10.3. The summed E-state index contributed by atoms with van der Waals surface area (Å²) in [6.45, 7) is 0. The molecule has 0 amide bonds. The zero-order chi connectivity index (χ0) is 41.9. The number of hydrogen-bond donors (Lipinski definition) is 0. The first-order valence-electron chi connectivity index (χ1n) is 20.9. The first-order valence-corrected chi connectivity index (χ1v) is 21.9. The number of hydrogen-bond acceptors (Lipinski definition) is 2. The van der Waals surface area contributed by atoms with E-state index < -0.39 is 0 Å². The minimum atomic E-state index is 0.289. The van der Waals surface area contributed by atoms with E-state index in [1.165, 1.54) is 0 Å². The highest BCUT2D eigenvalue weighted by Crippen LogP contribution is 2.49. The van der Waals surface area contributed by atoms with Crippen LogP contribution in [0.2, 0.25) is 0 Å². The number of fused-ring (bicyclic) bond motifs is 12. The molecule has 6 nitrogen and oxygen atoms in total. The van der Waals surface area contributed by atoms with Crippen molar-refractivity contribution >= 4 is 110 Å². The fourth-order valence-corrected chi connectivity index (χ4v) is 11.3. The molecule has 7 heteroatoms. The smallest absolute Gasteiger partial charge is 0.103 e. The Morgan fingerprint density at radius 1 is 0.286 bits per heavy atom. The largest absolute Gasteiger partial charge is 0.306 e. The van der Waals surface area contributed by atoms with Crippen LogP contribution in [-0.2, 0) is 0 Å². The maximum atomic E-state index is 11.9. The average molecular weight is 915 g/mol. The highest BCUT2D eigenvalue weighted by molar-refractivity contribution is 14.1. The second-order valence-electron chi connectivity index (χ2n) is 16.0. The molecule has 0 radical (unpaired) electrons. The molecule has 292 valence electrons. The van der Waals surface area contributed by atoms with Gasteiger partial charge in [0.05, 0.1) is 78.0 Å². The fraction of sp³-hybridized carbons (Fsp3) is 0. The zero-order valence-corrected chi connectivity index (χ0v) is 35.6. The van der Waals surface area contributed by atoms with Gasteiger partial charge in [-0.2, -0.15) is 10.5 Å². The fourth-order valence-electron chi connectivity index (χ4n) is 10.5. The summed E-state index contributed by atoms with van der Waals surface area (Å²) in [5.74, 6) is 0. The van der Waals surface area contributed by atoms with E-state index in [0.717, 1.165) is 102 Å². The van der Waals surface area contributed by atoms with E-state index in [4.69, 9.17) is 0 Å². The standard InChI is InChI=1S/C56H31IN6/c57-43-23-15-31-51-52(43)40-22-7-14-30-50(40)63(51)56-54(61-46-26-10-3-18-36(46)37-19-4-11-27-47(37)61)42(33-59)41(32-58)53(60-44-24-8-1-16-34(44)35-17-2-9-25-45(35)60)55(56)62-48-28-12-5-20-38(48)39-21-6-13-29-49(39)62/h1-31H. The van der Waals surface area contributed by atoms with E-state index in [2.05, 4.69) is 241 Å². The number of benzene rings is 9. The maximum Gasteiger partial charge on any atom is 0.103 e. The summed E-state index contributed by atoms with van der Waals surface area (Å²) in [4.78, 5) is 0. The quantitative estimate of drug-likeness (QED) is 0.165. The summed E-state index contributed by atoms with van der Waals surface area (Å²) in [5, 5.41) is 32.5. The van der Waals surface area contributed by atoms with E-state index in [-0.39, 0.29) is 11.1 Å². The van der Waals surface area contributed by atoms with E-state index >= 15 is 0 Å². The van der Waals surface area contributed by atoms with E-state index in [9.17, 15) is 10.5 Å². The van der Waals surface area contributed by atoms with Gasteiger partial charge in [-0.25, -0.2) is 0 Å². The van der Waals surface area contributed by atoms with Crippen LogP contribution in [0.5, 0.6) is 0 Å². The summed E-state index contributed by atoms with van der Waals surface area (Å²) in [7, 11) is 0. The van der Waals surface area contributed by atoms with Gasteiger partial charge in [-0.3, -0.25) is 0 Å². The number of nitriles is 2. The van der Waals surface area contributed by atoms with Gasteiger partial charge in [-0.1, -0.05) is 133 Å². The predicted molar refractivity (Wildman–Crippen MR) is 266 cm³/mol. The Bertz CT molecular complexity index is 4040. The lowest BCUT2D eigenvalue weighted by Gasteiger charge is -2.27. The third-order valence-electron chi connectivity index (χ3n) is 12.9. The van der Waals surface area contributed by atoms with Crippen molar-refractivity contribution in [2.75, 3.05) is 0 Å². The first kappa shape index (κ1) is 35.6. The van der Waals surface area contributed by atoms with Crippen molar-refractivity contribution in [2.24, 2.45) is 0 Å². The lowest BCUT2D eigenvalue weighted by molar-refractivity contribution is 1.01. The second-order valence-corrected chi connectivity index (χ2v) is 17.1. The van der Waals surface area contributed by atoms with Crippen molar-refractivity contribution in [1.29, 1.82) is 10.5 Å². The molecule has 9 aromatic carbocycles. The Hall–Kier alpha value is -8.11. The van der Waals surface area contributed by atoms with Gasteiger partial charge < -0.3 is 18.3 Å². The van der Waals surface area contributed by atoms with Gasteiger partial charge in [0.15, 0.2) is 0 Å². The molecule has 0 N–H and O–H groups in total.